The zero-order valence-electron chi connectivity index (χ0n) is 23.6. The lowest BCUT2D eigenvalue weighted by molar-refractivity contribution is 0.628. The van der Waals surface area contributed by atoms with Gasteiger partial charge in [-0.25, -0.2) is 14.4 Å². The fraction of sp³-hybridized carbons (Fsp3) is 0. The summed E-state index contributed by atoms with van der Waals surface area (Å²) in [5.41, 5.74) is 8.50. The van der Waals surface area contributed by atoms with Gasteiger partial charge in [-0.15, -0.1) is 11.3 Å². The number of benzene rings is 6. The van der Waals surface area contributed by atoms with Gasteiger partial charge in [0.15, 0.2) is 5.82 Å². The van der Waals surface area contributed by atoms with Gasteiger partial charge in [0, 0.05) is 36.9 Å². The minimum absolute atomic E-state index is 0.263. The minimum atomic E-state index is -0.263. The molecule has 0 radical (unpaired) electrons. The second-order valence-corrected chi connectivity index (χ2v) is 11.8. The Kier molecular flexibility index (Phi) is 6.55. The van der Waals surface area contributed by atoms with E-state index in [1.807, 2.05) is 54.6 Å². The van der Waals surface area contributed by atoms with E-state index in [2.05, 4.69) is 78.9 Å². The Hall–Kier alpha value is -5.45. The Morgan fingerprint density at radius 1 is 0.432 bits per heavy atom. The molecule has 208 valence electrons. The predicted molar refractivity (Wildman–Crippen MR) is 182 cm³/mol. The molecule has 0 bridgehead atoms. The Morgan fingerprint density at radius 3 is 1.84 bits per heavy atom. The van der Waals surface area contributed by atoms with E-state index in [-0.39, 0.29) is 5.82 Å². The first-order valence-electron chi connectivity index (χ1n) is 14.5. The SMILES string of the molecule is Fc1cccc(-c2cc(-c3cc(-c4ccccc4)nc(-c4ccccc4)n3)cc(-c3cccc4c3sc3ccccc34)c2)c1. The summed E-state index contributed by atoms with van der Waals surface area (Å²) in [5, 5.41) is 2.49. The van der Waals surface area contributed by atoms with E-state index in [1.54, 1.807) is 23.5 Å². The third kappa shape index (κ3) is 4.85. The van der Waals surface area contributed by atoms with Crippen molar-refractivity contribution in [1.82, 2.24) is 9.97 Å². The molecule has 2 nitrogen and oxygen atoms in total. The number of halogens is 1. The van der Waals surface area contributed by atoms with Crippen LogP contribution in [0.3, 0.4) is 0 Å². The molecule has 8 aromatic rings. The van der Waals surface area contributed by atoms with E-state index in [0.717, 1.165) is 50.3 Å². The summed E-state index contributed by atoms with van der Waals surface area (Å²) < 4.78 is 17.0. The standard InChI is InChI=1S/C40H25FN2S/c41-32-16-9-15-28(24-32)29-21-30(33-18-10-19-35-34-17-7-8-20-38(34)44-39(33)35)23-31(22-29)37-25-36(26-11-3-1-4-12-26)42-40(43-37)27-13-5-2-6-14-27/h1-25H. The smallest absolute Gasteiger partial charge is 0.160 e. The van der Waals surface area contributed by atoms with Crippen molar-refractivity contribution in [3.8, 4) is 56.2 Å². The first-order chi connectivity index (χ1) is 21.7. The van der Waals surface area contributed by atoms with Crippen molar-refractivity contribution < 1.29 is 4.39 Å². The van der Waals surface area contributed by atoms with Gasteiger partial charge < -0.3 is 0 Å². The van der Waals surface area contributed by atoms with Gasteiger partial charge in [0.1, 0.15) is 5.82 Å². The molecular formula is C40H25FN2S. The lowest BCUT2D eigenvalue weighted by Crippen LogP contribution is -1.96. The molecule has 0 unspecified atom stereocenters. The minimum Gasteiger partial charge on any atom is -0.228 e. The molecule has 0 saturated heterocycles. The van der Waals surface area contributed by atoms with E-state index >= 15 is 0 Å². The van der Waals surface area contributed by atoms with Crippen LogP contribution in [0, 0.1) is 5.82 Å². The average Bonchev–Trinajstić information content (AvgIpc) is 3.48. The van der Waals surface area contributed by atoms with Crippen LogP contribution in [0.25, 0.3) is 76.3 Å². The first-order valence-corrected chi connectivity index (χ1v) is 15.3. The van der Waals surface area contributed by atoms with Crippen molar-refractivity contribution in [2.75, 3.05) is 0 Å². The molecule has 0 amide bonds. The number of thiophene rings is 1. The summed E-state index contributed by atoms with van der Waals surface area (Å²) in [6.45, 7) is 0. The quantitative estimate of drug-likeness (QED) is 0.201. The van der Waals surface area contributed by atoms with Crippen LogP contribution >= 0.6 is 11.3 Å². The lowest BCUT2D eigenvalue weighted by Gasteiger charge is -2.14. The number of hydrogen-bond acceptors (Lipinski definition) is 3. The van der Waals surface area contributed by atoms with Crippen LogP contribution in [0.4, 0.5) is 4.39 Å². The highest BCUT2D eigenvalue weighted by atomic mass is 32.1. The van der Waals surface area contributed by atoms with Crippen LogP contribution in [-0.4, -0.2) is 9.97 Å². The third-order valence-corrected chi connectivity index (χ3v) is 9.15. The van der Waals surface area contributed by atoms with Gasteiger partial charge in [-0.2, -0.15) is 0 Å². The highest BCUT2D eigenvalue weighted by molar-refractivity contribution is 7.26. The molecule has 44 heavy (non-hydrogen) atoms. The predicted octanol–water partition coefficient (Wildman–Crippen LogP) is 11.3. The molecule has 0 aliphatic carbocycles. The number of fused-ring (bicyclic) bond motifs is 3. The zero-order chi connectivity index (χ0) is 29.5. The van der Waals surface area contributed by atoms with Crippen molar-refractivity contribution in [2.24, 2.45) is 0 Å². The monoisotopic (exact) mass is 584 g/mol. The van der Waals surface area contributed by atoms with Gasteiger partial charge in [-0.3, -0.25) is 0 Å². The van der Waals surface area contributed by atoms with E-state index in [4.69, 9.17) is 9.97 Å². The number of rotatable bonds is 5. The molecule has 8 rings (SSSR count). The van der Waals surface area contributed by atoms with Crippen LogP contribution in [0.2, 0.25) is 0 Å². The molecule has 6 aromatic carbocycles. The molecule has 0 spiro atoms. The Morgan fingerprint density at radius 2 is 1.05 bits per heavy atom. The van der Waals surface area contributed by atoms with Crippen LogP contribution < -0.4 is 0 Å². The van der Waals surface area contributed by atoms with Gasteiger partial charge in [0.2, 0.25) is 0 Å². The van der Waals surface area contributed by atoms with Crippen molar-refractivity contribution in [3.05, 3.63) is 157 Å². The lowest BCUT2D eigenvalue weighted by atomic mass is 9.94. The number of aromatic nitrogens is 2. The van der Waals surface area contributed by atoms with E-state index in [1.165, 1.54) is 26.2 Å². The number of nitrogens with zero attached hydrogens (tertiary/aromatic N) is 2. The Bertz CT molecular complexity index is 2230. The maximum absolute atomic E-state index is 14.5. The summed E-state index contributed by atoms with van der Waals surface area (Å²) in [6.07, 6.45) is 0. The maximum Gasteiger partial charge on any atom is 0.160 e. The van der Waals surface area contributed by atoms with Crippen LogP contribution in [-0.2, 0) is 0 Å². The van der Waals surface area contributed by atoms with Crippen molar-refractivity contribution >= 4 is 31.5 Å². The fourth-order valence-electron chi connectivity index (χ4n) is 5.81. The maximum atomic E-state index is 14.5. The molecule has 0 fully saturated rings. The Labute approximate surface area is 258 Å². The van der Waals surface area contributed by atoms with E-state index in [9.17, 15) is 4.39 Å². The molecule has 0 atom stereocenters. The normalized spacial score (nSPS) is 11.3. The van der Waals surface area contributed by atoms with Gasteiger partial charge >= 0.3 is 0 Å². The van der Waals surface area contributed by atoms with E-state index in [0.29, 0.717) is 5.82 Å². The summed E-state index contributed by atoms with van der Waals surface area (Å²) >= 11 is 1.80. The molecule has 0 aliphatic rings. The van der Waals surface area contributed by atoms with Crippen LogP contribution in [0.1, 0.15) is 0 Å². The average molecular weight is 585 g/mol. The number of hydrogen-bond donors (Lipinski definition) is 0. The van der Waals surface area contributed by atoms with Gasteiger partial charge in [-0.1, -0.05) is 109 Å². The molecule has 2 aromatic heterocycles. The molecule has 0 aliphatic heterocycles. The van der Waals surface area contributed by atoms with Crippen molar-refractivity contribution in [3.63, 3.8) is 0 Å². The van der Waals surface area contributed by atoms with Crippen LogP contribution in [0.15, 0.2) is 152 Å². The Balaban J connectivity index is 1.39. The van der Waals surface area contributed by atoms with Gasteiger partial charge in [0.25, 0.3) is 0 Å². The summed E-state index contributed by atoms with van der Waals surface area (Å²) in [6, 6.07) is 50.6. The van der Waals surface area contributed by atoms with Gasteiger partial charge in [-0.05, 0) is 64.7 Å². The summed E-state index contributed by atoms with van der Waals surface area (Å²) in [4.78, 5) is 10.1. The second kappa shape index (κ2) is 11.0. The second-order valence-electron chi connectivity index (χ2n) is 10.8. The van der Waals surface area contributed by atoms with Crippen molar-refractivity contribution in [1.29, 1.82) is 0 Å². The molecule has 0 N–H and O–H groups in total. The molecule has 4 heteroatoms. The third-order valence-electron chi connectivity index (χ3n) is 7.93. The molecular weight excluding hydrogens is 560 g/mol. The summed E-state index contributed by atoms with van der Waals surface area (Å²) in [5.74, 6) is 0.395. The molecule has 0 saturated carbocycles. The summed E-state index contributed by atoms with van der Waals surface area (Å²) in [7, 11) is 0. The van der Waals surface area contributed by atoms with Gasteiger partial charge in [0.05, 0.1) is 11.4 Å². The molecule has 2 heterocycles. The van der Waals surface area contributed by atoms with E-state index < -0.39 is 0 Å². The first kappa shape index (κ1) is 26.2. The zero-order valence-corrected chi connectivity index (χ0v) is 24.4. The fourth-order valence-corrected chi connectivity index (χ4v) is 7.05. The highest BCUT2D eigenvalue weighted by Gasteiger charge is 2.16. The largest absolute Gasteiger partial charge is 0.228 e. The topological polar surface area (TPSA) is 25.8 Å². The highest BCUT2D eigenvalue weighted by Crippen LogP contribution is 2.42. The van der Waals surface area contributed by atoms with Crippen molar-refractivity contribution in [2.45, 2.75) is 0 Å². The van der Waals surface area contributed by atoms with Crippen LogP contribution in [0.5, 0.6) is 0 Å².